The lowest BCUT2D eigenvalue weighted by molar-refractivity contribution is -0.192. The lowest BCUT2D eigenvalue weighted by Crippen LogP contribution is -2.46. The second kappa shape index (κ2) is 14.4. The number of aromatic amines is 1. The van der Waals surface area contributed by atoms with E-state index in [0.29, 0.717) is 22.4 Å². The van der Waals surface area contributed by atoms with E-state index in [2.05, 4.69) is 20.9 Å². The first-order chi connectivity index (χ1) is 21.9. The molecular formula is C30H36F3N5O5S3. The molecule has 46 heavy (non-hydrogen) atoms. The SMILES string of the molecule is CCN(c1cccc2cc(-c3ncc(CN4CCCC(C(O)N5CCCC5)C4)s3)[nH]c12)S(=O)(=O)c1cccs1.O=C(O)C(F)(F)F. The second-order valence-corrected chi connectivity index (χ2v) is 15.4. The number of halogens is 3. The number of aliphatic hydroxyl groups is 1. The summed E-state index contributed by atoms with van der Waals surface area (Å²) >= 11 is 2.90. The fourth-order valence-electron chi connectivity index (χ4n) is 5.96. The van der Waals surface area contributed by atoms with Crippen LogP contribution in [0.25, 0.3) is 21.6 Å². The number of carboxylic acid groups (broad SMARTS) is 1. The normalized spacial score (nSPS) is 18.8. The van der Waals surface area contributed by atoms with Gasteiger partial charge in [0.2, 0.25) is 0 Å². The lowest BCUT2D eigenvalue weighted by Gasteiger charge is -2.37. The smallest absolute Gasteiger partial charge is 0.475 e. The molecule has 2 unspecified atom stereocenters. The van der Waals surface area contributed by atoms with Gasteiger partial charge in [0.15, 0.2) is 0 Å². The number of sulfonamides is 1. The van der Waals surface area contributed by atoms with Crippen molar-refractivity contribution in [2.24, 2.45) is 5.92 Å². The summed E-state index contributed by atoms with van der Waals surface area (Å²) in [6, 6.07) is 11.2. The summed E-state index contributed by atoms with van der Waals surface area (Å²) in [5, 5.41) is 21.7. The van der Waals surface area contributed by atoms with Crippen LogP contribution >= 0.6 is 22.7 Å². The quantitative estimate of drug-likeness (QED) is 0.199. The molecule has 2 aliphatic heterocycles. The number of fused-ring (bicyclic) bond motifs is 1. The Balaban J connectivity index is 0.000000537. The van der Waals surface area contributed by atoms with Crippen molar-refractivity contribution < 1.29 is 36.6 Å². The van der Waals surface area contributed by atoms with Crippen LogP contribution in [0.4, 0.5) is 18.9 Å². The number of anilines is 1. The van der Waals surface area contributed by atoms with Gasteiger partial charge in [-0.25, -0.2) is 18.2 Å². The van der Waals surface area contributed by atoms with Crippen LogP contribution in [0.1, 0.15) is 37.5 Å². The monoisotopic (exact) mass is 699 g/mol. The maximum atomic E-state index is 13.4. The topological polar surface area (TPSA) is 130 Å². The van der Waals surface area contributed by atoms with E-state index in [1.54, 1.807) is 28.8 Å². The van der Waals surface area contributed by atoms with Crippen molar-refractivity contribution in [1.29, 1.82) is 0 Å². The van der Waals surface area contributed by atoms with E-state index < -0.39 is 22.2 Å². The zero-order valence-corrected chi connectivity index (χ0v) is 27.6. The van der Waals surface area contributed by atoms with Gasteiger partial charge in [0.25, 0.3) is 10.0 Å². The number of aliphatic hydroxyl groups excluding tert-OH is 1. The van der Waals surface area contributed by atoms with Crippen molar-refractivity contribution in [3.05, 3.63) is 52.9 Å². The van der Waals surface area contributed by atoms with E-state index in [1.165, 1.54) is 33.4 Å². The van der Waals surface area contributed by atoms with Gasteiger partial charge in [0, 0.05) is 55.1 Å². The maximum Gasteiger partial charge on any atom is 0.490 e. The zero-order chi connectivity index (χ0) is 33.1. The Morgan fingerprint density at radius 1 is 1.17 bits per heavy atom. The molecule has 0 amide bonds. The average molecular weight is 700 g/mol. The number of benzene rings is 1. The van der Waals surface area contributed by atoms with Crippen molar-refractivity contribution in [1.82, 2.24) is 19.8 Å². The van der Waals surface area contributed by atoms with Gasteiger partial charge in [-0.15, -0.1) is 22.7 Å². The lowest BCUT2D eigenvalue weighted by atomic mass is 9.95. The van der Waals surface area contributed by atoms with Gasteiger partial charge in [0.1, 0.15) is 15.4 Å². The van der Waals surface area contributed by atoms with Gasteiger partial charge in [0.05, 0.1) is 16.9 Å². The molecule has 4 aromatic rings. The Bertz CT molecular complexity index is 1720. The number of nitrogens with one attached hydrogen (secondary N) is 1. The molecule has 0 aliphatic carbocycles. The number of nitrogens with zero attached hydrogens (tertiary/aromatic N) is 4. The van der Waals surface area contributed by atoms with E-state index in [0.717, 1.165) is 67.2 Å². The van der Waals surface area contributed by atoms with Crippen LogP contribution in [0, 0.1) is 5.92 Å². The zero-order valence-electron chi connectivity index (χ0n) is 25.1. The molecule has 0 bridgehead atoms. The van der Waals surface area contributed by atoms with E-state index in [1.807, 2.05) is 31.3 Å². The minimum Gasteiger partial charge on any atom is -0.475 e. The maximum absolute atomic E-state index is 13.4. The van der Waals surface area contributed by atoms with Crippen LogP contribution in [-0.2, 0) is 21.4 Å². The highest BCUT2D eigenvalue weighted by molar-refractivity contribution is 7.94. The largest absolute Gasteiger partial charge is 0.490 e. The van der Waals surface area contributed by atoms with Crippen molar-refractivity contribution >= 4 is 55.3 Å². The number of thiazole rings is 1. The van der Waals surface area contributed by atoms with Gasteiger partial charge in [-0.05, 0) is 62.7 Å². The predicted molar refractivity (Wildman–Crippen MR) is 172 cm³/mol. The van der Waals surface area contributed by atoms with Crippen LogP contribution < -0.4 is 4.31 Å². The van der Waals surface area contributed by atoms with Crippen molar-refractivity contribution in [3.63, 3.8) is 0 Å². The summed E-state index contributed by atoms with van der Waals surface area (Å²) in [7, 11) is -3.64. The molecule has 0 saturated carbocycles. The van der Waals surface area contributed by atoms with Crippen LogP contribution in [-0.4, -0.2) is 89.5 Å². The fourth-order valence-corrected chi connectivity index (χ4v) is 9.48. The third-order valence-electron chi connectivity index (χ3n) is 8.11. The number of likely N-dealkylation sites (tertiary alicyclic amines) is 2. The van der Waals surface area contributed by atoms with Gasteiger partial charge in [-0.2, -0.15) is 13.2 Å². The number of carbonyl (C=O) groups is 1. The summed E-state index contributed by atoms with van der Waals surface area (Å²) in [4.78, 5) is 23.0. The molecular weight excluding hydrogens is 664 g/mol. The van der Waals surface area contributed by atoms with Crippen LogP contribution in [0.5, 0.6) is 0 Å². The summed E-state index contributed by atoms with van der Waals surface area (Å²) in [5.74, 6) is -2.46. The molecule has 3 aromatic heterocycles. The highest BCUT2D eigenvalue weighted by atomic mass is 32.2. The van der Waals surface area contributed by atoms with Crippen LogP contribution in [0.2, 0.25) is 0 Å². The number of aromatic nitrogens is 2. The number of H-pyrrole nitrogens is 1. The van der Waals surface area contributed by atoms with E-state index in [-0.39, 0.29) is 6.23 Å². The molecule has 16 heteroatoms. The fraction of sp³-hybridized carbons (Fsp3) is 0.467. The van der Waals surface area contributed by atoms with E-state index in [9.17, 15) is 26.7 Å². The van der Waals surface area contributed by atoms with Gasteiger partial charge in [-0.1, -0.05) is 18.2 Å². The number of carboxylic acids is 1. The van der Waals surface area contributed by atoms with Crippen molar-refractivity contribution in [3.8, 4) is 10.7 Å². The highest BCUT2D eigenvalue weighted by Gasteiger charge is 2.38. The number of thiophene rings is 1. The first-order valence-corrected chi connectivity index (χ1v) is 18.1. The minimum absolute atomic E-state index is 0.295. The number of aliphatic carboxylic acids is 1. The highest BCUT2D eigenvalue weighted by Crippen LogP contribution is 2.36. The number of hydrogen-bond donors (Lipinski definition) is 3. The molecule has 0 radical (unpaired) electrons. The Morgan fingerprint density at radius 2 is 1.91 bits per heavy atom. The number of piperidine rings is 1. The van der Waals surface area contributed by atoms with E-state index in [4.69, 9.17) is 14.9 Å². The second-order valence-electron chi connectivity index (χ2n) is 11.3. The molecule has 3 N–H and O–H groups in total. The van der Waals surface area contributed by atoms with Crippen LogP contribution in [0.15, 0.2) is 52.2 Å². The van der Waals surface area contributed by atoms with Crippen molar-refractivity contribution in [2.45, 2.75) is 55.8 Å². The number of para-hydroxylation sites is 1. The Morgan fingerprint density at radius 3 is 2.57 bits per heavy atom. The molecule has 2 atom stereocenters. The number of hydrogen-bond acceptors (Lipinski definition) is 9. The minimum atomic E-state index is -5.08. The van der Waals surface area contributed by atoms with Gasteiger partial charge < -0.3 is 15.2 Å². The molecule has 0 spiro atoms. The van der Waals surface area contributed by atoms with E-state index >= 15 is 0 Å². The standard InChI is InChI=1S/C28H35N5O3S3.C2HF3O2/c1-2-33(39(35,36)25-11-7-15-37-25)24-10-5-8-20-16-23(30-26(20)24)27-29-17-22(38-27)19-31-12-6-9-21(18-31)28(34)32-13-3-4-14-32;3-2(4,5)1(6)7/h5,7-8,10-11,15-17,21,28,30,34H,2-4,6,9,12-14,18-19H2,1H3;(H,6,7). The molecule has 10 nitrogen and oxygen atoms in total. The molecule has 2 fully saturated rings. The Hall–Kier alpha value is -3.02. The Labute approximate surface area is 273 Å². The number of rotatable bonds is 9. The van der Waals surface area contributed by atoms with Crippen LogP contribution in [0.3, 0.4) is 0 Å². The number of alkyl halides is 3. The Kier molecular flexibility index (Phi) is 10.7. The first-order valence-electron chi connectivity index (χ1n) is 15.0. The molecule has 2 aliphatic rings. The average Bonchev–Trinajstić information content (AvgIpc) is 3.84. The van der Waals surface area contributed by atoms with Gasteiger partial charge >= 0.3 is 12.1 Å². The summed E-state index contributed by atoms with van der Waals surface area (Å²) < 4.78 is 60.3. The molecule has 1 aromatic carbocycles. The molecule has 5 heterocycles. The van der Waals surface area contributed by atoms with Crippen molar-refractivity contribution in [2.75, 3.05) is 37.0 Å². The summed E-state index contributed by atoms with van der Waals surface area (Å²) in [6.45, 7) is 6.99. The molecule has 250 valence electrons. The third-order valence-corrected chi connectivity index (χ3v) is 12.4. The summed E-state index contributed by atoms with van der Waals surface area (Å²) in [5.41, 5.74) is 2.32. The van der Waals surface area contributed by atoms with Gasteiger partial charge in [-0.3, -0.25) is 14.1 Å². The summed E-state index contributed by atoms with van der Waals surface area (Å²) in [6.07, 6.45) is 1.09. The molecule has 2 saturated heterocycles. The third kappa shape index (κ3) is 7.74. The predicted octanol–water partition coefficient (Wildman–Crippen LogP) is 5.83. The molecule has 6 rings (SSSR count). The first kappa shape index (κ1) is 34.3.